The Kier molecular flexibility index (Phi) is 7.33. The number of amides is 2. The molecule has 0 spiro atoms. The summed E-state index contributed by atoms with van der Waals surface area (Å²) in [5.41, 5.74) is 6.43. The minimum Gasteiger partial charge on any atom is -0.284 e. The number of nitrogens with zero attached hydrogens (tertiary/aromatic N) is 2. The molecule has 0 radical (unpaired) electrons. The van der Waals surface area contributed by atoms with Crippen LogP contribution in [-0.4, -0.2) is 34.2 Å². The van der Waals surface area contributed by atoms with Gasteiger partial charge in [0.1, 0.15) is 6.04 Å². The minimum absolute atomic E-state index is 0.0509. The molecule has 0 bridgehead atoms. The summed E-state index contributed by atoms with van der Waals surface area (Å²) in [6.07, 6.45) is 5.95. The second kappa shape index (κ2) is 10.8. The van der Waals surface area contributed by atoms with E-state index in [1.54, 1.807) is 4.90 Å². The third kappa shape index (κ3) is 5.15. The number of carbonyl (C=O) groups is 2. The van der Waals surface area contributed by atoms with Crippen molar-refractivity contribution in [2.45, 2.75) is 71.0 Å². The molecule has 1 unspecified atom stereocenters. The second-order valence-electron chi connectivity index (χ2n) is 10.5. The van der Waals surface area contributed by atoms with Crippen molar-refractivity contribution in [1.82, 2.24) is 9.80 Å². The number of hydrogen-bond acceptors (Lipinski definition) is 3. The van der Waals surface area contributed by atoms with Crippen molar-refractivity contribution in [3.05, 3.63) is 106 Å². The van der Waals surface area contributed by atoms with Gasteiger partial charge < -0.3 is 0 Å². The predicted molar refractivity (Wildman–Crippen MR) is 144 cm³/mol. The number of fused-ring (bicyclic) bond motifs is 1. The van der Waals surface area contributed by atoms with Crippen molar-refractivity contribution < 1.29 is 9.59 Å². The number of imide groups is 1. The van der Waals surface area contributed by atoms with Gasteiger partial charge in [0.05, 0.1) is 0 Å². The van der Waals surface area contributed by atoms with E-state index >= 15 is 0 Å². The van der Waals surface area contributed by atoms with Gasteiger partial charge in [-0.1, -0.05) is 91.1 Å². The summed E-state index contributed by atoms with van der Waals surface area (Å²) in [4.78, 5) is 32.4. The highest BCUT2D eigenvalue weighted by Gasteiger charge is 2.39. The predicted octanol–water partition coefficient (Wildman–Crippen LogP) is 6.40. The standard InChI is InChI=1S/C32H36N2O2/c1-23-12-16-26(17-13-23)30(33-21-20-25-8-6-7-9-28(25)22-33)32(36)34(29-10-4-3-5-11-29)31(35)27-18-14-24(2)15-19-27/h6-9,12-19,29-30H,3-5,10-11,20-22H2,1-2H3. The number of aryl methyl sites for hydroxylation is 2. The van der Waals surface area contributed by atoms with Crippen LogP contribution in [0.25, 0.3) is 0 Å². The molecule has 1 fully saturated rings. The molecule has 0 aromatic heterocycles. The molecule has 1 saturated carbocycles. The first kappa shape index (κ1) is 24.5. The van der Waals surface area contributed by atoms with Crippen LogP contribution >= 0.6 is 0 Å². The van der Waals surface area contributed by atoms with E-state index in [-0.39, 0.29) is 17.9 Å². The van der Waals surface area contributed by atoms with Gasteiger partial charge in [0.2, 0.25) is 0 Å². The van der Waals surface area contributed by atoms with Crippen molar-refractivity contribution >= 4 is 11.8 Å². The Morgan fingerprint density at radius 3 is 2.08 bits per heavy atom. The Balaban J connectivity index is 1.54. The third-order valence-corrected chi connectivity index (χ3v) is 7.85. The molecular formula is C32H36N2O2. The Bertz CT molecular complexity index is 1210. The maximum absolute atomic E-state index is 14.6. The van der Waals surface area contributed by atoms with Gasteiger partial charge in [0.25, 0.3) is 11.8 Å². The van der Waals surface area contributed by atoms with E-state index < -0.39 is 6.04 Å². The molecule has 1 aliphatic carbocycles. The Morgan fingerprint density at radius 1 is 0.806 bits per heavy atom. The van der Waals surface area contributed by atoms with Gasteiger partial charge in [-0.2, -0.15) is 0 Å². The molecule has 0 saturated heterocycles. The fourth-order valence-electron chi connectivity index (χ4n) is 5.75. The van der Waals surface area contributed by atoms with Crippen LogP contribution in [0.15, 0.2) is 72.8 Å². The molecule has 186 valence electrons. The zero-order chi connectivity index (χ0) is 25.1. The normalized spacial score (nSPS) is 17.3. The number of rotatable bonds is 5. The van der Waals surface area contributed by atoms with Gasteiger partial charge in [-0.3, -0.25) is 19.4 Å². The first-order valence-electron chi connectivity index (χ1n) is 13.3. The van der Waals surface area contributed by atoms with Gasteiger partial charge >= 0.3 is 0 Å². The quantitative estimate of drug-likeness (QED) is 0.424. The monoisotopic (exact) mass is 480 g/mol. The lowest BCUT2D eigenvalue weighted by Gasteiger charge is -2.40. The van der Waals surface area contributed by atoms with Crippen molar-refractivity contribution in [2.75, 3.05) is 6.54 Å². The molecule has 3 aromatic carbocycles. The van der Waals surface area contributed by atoms with Crippen LogP contribution in [0.2, 0.25) is 0 Å². The maximum Gasteiger partial charge on any atom is 0.260 e. The molecule has 36 heavy (non-hydrogen) atoms. The van der Waals surface area contributed by atoms with Gasteiger partial charge in [-0.25, -0.2) is 0 Å². The van der Waals surface area contributed by atoms with Crippen LogP contribution < -0.4 is 0 Å². The van der Waals surface area contributed by atoms with Crippen LogP contribution in [0, 0.1) is 13.8 Å². The van der Waals surface area contributed by atoms with Crippen molar-refractivity contribution in [1.29, 1.82) is 0 Å². The Hall–Kier alpha value is -3.24. The fourth-order valence-corrected chi connectivity index (χ4v) is 5.75. The van der Waals surface area contributed by atoms with E-state index in [0.29, 0.717) is 12.1 Å². The maximum atomic E-state index is 14.6. The summed E-state index contributed by atoms with van der Waals surface area (Å²) in [6.45, 7) is 5.57. The van der Waals surface area contributed by atoms with Crippen LogP contribution in [-0.2, 0) is 17.8 Å². The molecule has 5 rings (SSSR count). The molecule has 0 N–H and O–H groups in total. The van der Waals surface area contributed by atoms with Crippen LogP contribution in [0.5, 0.6) is 0 Å². The number of carbonyl (C=O) groups excluding carboxylic acids is 2. The number of benzene rings is 3. The summed E-state index contributed by atoms with van der Waals surface area (Å²) in [5, 5.41) is 0. The molecule has 4 nitrogen and oxygen atoms in total. The molecular weight excluding hydrogens is 444 g/mol. The highest BCUT2D eigenvalue weighted by atomic mass is 16.2. The lowest BCUT2D eigenvalue weighted by molar-refractivity contribution is -0.137. The van der Waals surface area contributed by atoms with E-state index in [0.717, 1.165) is 55.3 Å². The molecule has 4 heteroatoms. The highest BCUT2D eigenvalue weighted by molar-refractivity contribution is 6.06. The summed E-state index contributed by atoms with van der Waals surface area (Å²) in [7, 11) is 0. The van der Waals surface area contributed by atoms with E-state index in [1.165, 1.54) is 17.5 Å². The molecule has 1 atom stereocenters. The zero-order valence-electron chi connectivity index (χ0n) is 21.5. The fraction of sp³-hybridized carbons (Fsp3) is 0.375. The Morgan fingerprint density at radius 2 is 1.42 bits per heavy atom. The smallest absolute Gasteiger partial charge is 0.260 e. The largest absolute Gasteiger partial charge is 0.284 e. The average Bonchev–Trinajstić information content (AvgIpc) is 2.91. The Labute approximate surface area is 214 Å². The minimum atomic E-state index is -0.490. The highest BCUT2D eigenvalue weighted by Crippen LogP contribution is 2.33. The topological polar surface area (TPSA) is 40.6 Å². The lowest BCUT2D eigenvalue weighted by atomic mass is 9.91. The van der Waals surface area contributed by atoms with E-state index in [9.17, 15) is 9.59 Å². The molecule has 2 aliphatic rings. The van der Waals surface area contributed by atoms with Gasteiger partial charge in [0.15, 0.2) is 0 Å². The van der Waals surface area contributed by atoms with E-state index in [4.69, 9.17) is 0 Å². The molecule has 3 aromatic rings. The number of hydrogen-bond donors (Lipinski definition) is 0. The summed E-state index contributed by atoms with van der Waals surface area (Å²) in [6, 6.07) is 23.9. The van der Waals surface area contributed by atoms with E-state index in [1.807, 2.05) is 31.2 Å². The summed E-state index contributed by atoms with van der Waals surface area (Å²) < 4.78 is 0. The lowest BCUT2D eigenvalue weighted by Crippen LogP contribution is -2.51. The molecule has 1 heterocycles. The van der Waals surface area contributed by atoms with Crippen molar-refractivity contribution in [3.63, 3.8) is 0 Å². The SMILES string of the molecule is Cc1ccc(C(=O)N(C(=O)C(c2ccc(C)cc2)N2CCc3ccccc3C2)C2CCCCC2)cc1. The molecule has 2 amide bonds. The summed E-state index contributed by atoms with van der Waals surface area (Å²) in [5.74, 6) is -0.253. The van der Waals surface area contributed by atoms with Crippen LogP contribution in [0.4, 0.5) is 0 Å². The first-order valence-corrected chi connectivity index (χ1v) is 13.3. The van der Waals surface area contributed by atoms with E-state index in [2.05, 4.69) is 60.4 Å². The summed E-state index contributed by atoms with van der Waals surface area (Å²) >= 11 is 0. The van der Waals surface area contributed by atoms with Crippen LogP contribution in [0.3, 0.4) is 0 Å². The van der Waals surface area contributed by atoms with Gasteiger partial charge in [0, 0.05) is 24.7 Å². The van der Waals surface area contributed by atoms with Crippen LogP contribution in [0.1, 0.15) is 76.3 Å². The zero-order valence-corrected chi connectivity index (χ0v) is 21.5. The first-order chi connectivity index (χ1) is 17.5. The van der Waals surface area contributed by atoms with Crippen molar-refractivity contribution in [2.24, 2.45) is 0 Å². The average molecular weight is 481 g/mol. The third-order valence-electron chi connectivity index (χ3n) is 7.85. The molecule has 1 aliphatic heterocycles. The second-order valence-corrected chi connectivity index (χ2v) is 10.5. The van der Waals surface area contributed by atoms with Gasteiger partial charge in [-0.15, -0.1) is 0 Å². The van der Waals surface area contributed by atoms with Crippen molar-refractivity contribution in [3.8, 4) is 0 Å². The van der Waals surface area contributed by atoms with Gasteiger partial charge in [-0.05, 0) is 61.9 Å².